The minimum Gasteiger partial charge on any atom is -0.354 e. The van der Waals surface area contributed by atoms with E-state index in [1.807, 2.05) is 31.2 Å². The maximum Gasteiger partial charge on any atom is 0.168 e. The molecule has 1 aromatic carbocycles. The van der Waals surface area contributed by atoms with Gasteiger partial charge in [-0.2, -0.15) is 0 Å². The van der Waals surface area contributed by atoms with Gasteiger partial charge in [0.2, 0.25) is 0 Å². The number of rotatable bonds is 4. The fourth-order valence-electron chi connectivity index (χ4n) is 1.45. The van der Waals surface area contributed by atoms with Crippen LogP contribution in [0.5, 0.6) is 0 Å². The third kappa shape index (κ3) is 2.37. The number of allylic oxidation sites excluding steroid dienone is 1. The Morgan fingerprint density at radius 2 is 1.80 bits per heavy atom. The lowest BCUT2D eigenvalue weighted by atomic mass is 10.0. The topological polar surface area (TPSA) is 18.5 Å². The third-order valence-electron chi connectivity index (χ3n) is 2.32. The summed E-state index contributed by atoms with van der Waals surface area (Å²) in [6.07, 6.45) is 0. The Morgan fingerprint density at radius 3 is 2.27 bits per heavy atom. The second-order valence-electron chi connectivity index (χ2n) is 3.35. The van der Waals surface area contributed by atoms with Crippen LogP contribution >= 0.6 is 0 Å². The van der Waals surface area contributed by atoms with E-state index in [-0.39, 0.29) is 0 Å². The molecule has 0 aliphatic heterocycles. The molecular weight excluding hydrogens is 204 g/mol. The van der Waals surface area contributed by atoms with E-state index >= 15 is 0 Å². The summed E-state index contributed by atoms with van der Waals surface area (Å²) >= 11 is 0. The first-order chi connectivity index (χ1) is 7.05. The van der Waals surface area contributed by atoms with E-state index in [1.54, 1.807) is 14.2 Å². The van der Waals surface area contributed by atoms with E-state index in [9.17, 15) is 0 Å². The summed E-state index contributed by atoms with van der Waals surface area (Å²) in [5, 5.41) is 0. The molecule has 0 saturated heterocycles. The predicted molar refractivity (Wildman–Crippen MR) is 62.6 cm³/mol. The highest BCUT2D eigenvalue weighted by atomic mass is 28.1. The molecule has 0 bridgehead atoms. The van der Waals surface area contributed by atoms with Crippen LogP contribution in [0.1, 0.15) is 18.1 Å². The van der Waals surface area contributed by atoms with Crippen molar-refractivity contribution in [1.29, 1.82) is 0 Å². The summed E-state index contributed by atoms with van der Waals surface area (Å²) < 4.78 is 10.6. The second kappa shape index (κ2) is 4.75. The Bertz CT molecular complexity index is 356. The maximum atomic E-state index is 5.31. The van der Waals surface area contributed by atoms with Gasteiger partial charge in [0.15, 0.2) is 5.41 Å². The summed E-state index contributed by atoms with van der Waals surface area (Å²) in [5.41, 5.74) is 2.01. The van der Waals surface area contributed by atoms with Crippen LogP contribution < -0.4 is 0 Å². The fraction of sp³-hybridized carbons (Fsp3) is 0.333. The van der Waals surface area contributed by atoms with Crippen molar-refractivity contribution < 1.29 is 9.47 Å². The van der Waals surface area contributed by atoms with E-state index in [4.69, 9.17) is 9.47 Å². The van der Waals surface area contributed by atoms with Gasteiger partial charge in [0, 0.05) is 19.8 Å². The van der Waals surface area contributed by atoms with Crippen LogP contribution in [-0.2, 0) is 14.9 Å². The number of hydrogen-bond acceptors (Lipinski definition) is 2. The molecule has 1 rings (SSSR count). The molecule has 3 radical (unpaired) electrons. The molecule has 0 aromatic heterocycles. The van der Waals surface area contributed by atoms with Crippen molar-refractivity contribution in [3.05, 3.63) is 42.0 Å². The van der Waals surface area contributed by atoms with Crippen LogP contribution in [0.15, 0.2) is 30.8 Å². The largest absolute Gasteiger partial charge is 0.354 e. The molecule has 0 spiro atoms. The average Bonchev–Trinajstić information content (AvgIpc) is 2.28. The SMILES string of the molecule is C=C(C)c1ccccc1C([Si])(OC)OC. The number of hydrogen-bond donors (Lipinski definition) is 0. The van der Waals surface area contributed by atoms with E-state index in [1.165, 1.54) is 0 Å². The Hall–Kier alpha value is -0.903. The highest BCUT2D eigenvalue weighted by Crippen LogP contribution is 2.29. The van der Waals surface area contributed by atoms with Crippen molar-refractivity contribution in [2.75, 3.05) is 14.2 Å². The standard InChI is InChI=1S/C12H15O2Si/c1-9(2)10-7-5-6-8-11(10)12(15,13-3)14-4/h5-8H,1H2,2-4H3. The van der Waals surface area contributed by atoms with Gasteiger partial charge in [-0.15, -0.1) is 0 Å². The molecule has 3 heteroatoms. The zero-order chi connectivity index (χ0) is 11.5. The molecule has 15 heavy (non-hydrogen) atoms. The van der Waals surface area contributed by atoms with Gasteiger partial charge in [0.05, 0.1) is 0 Å². The van der Waals surface area contributed by atoms with Crippen LogP contribution in [0.4, 0.5) is 0 Å². The molecule has 0 saturated carbocycles. The summed E-state index contributed by atoms with van der Waals surface area (Å²) in [5.74, 6) is 0. The molecular formula is C12H15O2Si. The number of ether oxygens (including phenoxy) is 2. The Morgan fingerprint density at radius 1 is 1.27 bits per heavy atom. The first-order valence-corrected chi connectivity index (χ1v) is 5.16. The molecule has 0 atom stereocenters. The summed E-state index contributed by atoms with van der Waals surface area (Å²) in [6, 6.07) is 7.84. The molecule has 0 unspecified atom stereocenters. The zero-order valence-corrected chi connectivity index (χ0v) is 10.3. The van der Waals surface area contributed by atoms with Crippen LogP contribution in [0, 0.1) is 0 Å². The number of methoxy groups -OCH3 is 2. The van der Waals surface area contributed by atoms with Crippen molar-refractivity contribution in [1.82, 2.24) is 0 Å². The van der Waals surface area contributed by atoms with Crippen LogP contribution in [0.3, 0.4) is 0 Å². The minimum absolute atomic E-state index is 0.907. The molecule has 0 fully saturated rings. The van der Waals surface area contributed by atoms with Gasteiger partial charge in [0.1, 0.15) is 10.2 Å². The lowest BCUT2D eigenvalue weighted by Crippen LogP contribution is -2.32. The highest BCUT2D eigenvalue weighted by molar-refractivity contribution is 6.14. The van der Waals surface area contributed by atoms with E-state index < -0.39 is 5.41 Å². The lowest BCUT2D eigenvalue weighted by Gasteiger charge is -2.29. The second-order valence-corrected chi connectivity index (χ2v) is 4.01. The molecule has 0 aliphatic carbocycles. The lowest BCUT2D eigenvalue weighted by molar-refractivity contribution is -0.148. The molecule has 2 nitrogen and oxygen atoms in total. The summed E-state index contributed by atoms with van der Waals surface area (Å²) in [7, 11) is 6.66. The highest BCUT2D eigenvalue weighted by Gasteiger charge is 2.27. The fourth-order valence-corrected chi connectivity index (χ4v) is 1.66. The van der Waals surface area contributed by atoms with Gasteiger partial charge in [-0.05, 0) is 12.5 Å². The van der Waals surface area contributed by atoms with Gasteiger partial charge in [-0.25, -0.2) is 0 Å². The molecule has 0 N–H and O–H groups in total. The van der Waals surface area contributed by atoms with E-state index in [0.29, 0.717) is 0 Å². The number of benzene rings is 1. The van der Waals surface area contributed by atoms with E-state index in [2.05, 4.69) is 16.8 Å². The van der Waals surface area contributed by atoms with Gasteiger partial charge in [-0.3, -0.25) is 0 Å². The van der Waals surface area contributed by atoms with Crippen molar-refractivity contribution in [2.45, 2.75) is 12.3 Å². The van der Waals surface area contributed by atoms with E-state index in [0.717, 1.165) is 16.7 Å². The Kier molecular flexibility index (Phi) is 3.85. The monoisotopic (exact) mass is 219 g/mol. The van der Waals surface area contributed by atoms with Crippen molar-refractivity contribution in [3.8, 4) is 0 Å². The van der Waals surface area contributed by atoms with Crippen molar-refractivity contribution in [2.24, 2.45) is 0 Å². The third-order valence-corrected chi connectivity index (χ3v) is 2.99. The molecule has 0 aliphatic rings. The van der Waals surface area contributed by atoms with Crippen LogP contribution in [0.2, 0.25) is 0 Å². The molecule has 1 aromatic rings. The van der Waals surface area contributed by atoms with Gasteiger partial charge < -0.3 is 9.47 Å². The smallest absolute Gasteiger partial charge is 0.168 e. The minimum atomic E-state index is -0.907. The molecule has 0 amide bonds. The average molecular weight is 219 g/mol. The summed E-state index contributed by atoms with van der Waals surface area (Å²) in [6.45, 7) is 5.89. The van der Waals surface area contributed by atoms with Crippen molar-refractivity contribution in [3.63, 3.8) is 0 Å². The quantitative estimate of drug-likeness (QED) is 0.571. The van der Waals surface area contributed by atoms with Crippen LogP contribution in [0.25, 0.3) is 5.57 Å². The first kappa shape index (κ1) is 12.2. The molecule has 0 heterocycles. The van der Waals surface area contributed by atoms with Gasteiger partial charge in [-0.1, -0.05) is 36.4 Å². The van der Waals surface area contributed by atoms with Gasteiger partial charge >= 0.3 is 0 Å². The summed E-state index contributed by atoms with van der Waals surface area (Å²) in [4.78, 5) is 0. The first-order valence-electron chi connectivity index (χ1n) is 4.66. The van der Waals surface area contributed by atoms with Crippen LogP contribution in [-0.4, -0.2) is 24.5 Å². The Labute approximate surface area is 94.3 Å². The normalized spacial score (nSPS) is 11.5. The predicted octanol–water partition coefficient (Wildman–Crippen LogP) is 2.29. The maximum absolute atomic E-state index is 5.31. The molecule has 79 valence electrons. The van der Waals surface area contributed by atoms with Crippen molar-refractivity contribution >= 4 is 15.8 Å². The van der Waals surface area contributed by atoms with Gasteiger partial charge in [0.25, 0.3) is 0 Å². The zero-order valence-electron chi connectivity index (χ0n) is 9.33. The Balaban J connectivity index is 3.29.